The number of carbonyl (C=O) groups is 3. The van der Waals surface area contributed by atoms with Crippen molar-refractivity contribution >= 4 is 29.1 Å². The van der Waals surface area contributed by atoms with E-state index < -0.39 is 35.1 Å². The van der Waals surface area contributed by atoms with Crippen LogP contribution < -0.4 is 9.80 Å². The fourth-order valence-corrected chi connectivity index (χ4v) is 7.74. The lowest BCUT2D eigenvalue weighted by Gasteiger charge is -2.40. The van der Waals surface area contributed by atoms with Crippen LogP contribution in [0.3, 0.4) is 0 Å². The second-order valence-corrected chi connectivity index (χ2v) is 13.0. The summed E-state index contributed by atoms with van der Waals surface area (Å²) in [5.74, 6) is -2.45. The molecule has 0 aromatic heterocycles. The summed E-state index contributed by atoms with van der Waals surface area (Å²) in [6, 6.07) is 13.8. The maximum Gasteiger partial charge on any atom is 0.253 e. The molecule has 2 aromatic carbocycles. The average Bonchev–Trinajstić information content (AvgIpc) is 3.25. The SMILES string of the molecule is Cc1ccc(C)c(N2CC=C[C@]34O[C@]5(C)C=CCN(c6ccccc6)C(=O)[C@@H]5[C@H]3C(=O)N([C@@H](CO)CC(C)C)C4C2=O)c1. The van der Waals surface area contributed by atoms with E-state index in [2.05, 4.69) is 0 Å². The van der Waals surface area contributed by atoms with Crippen molar-refractivity contribution in [2.75, 3.05) is 29.5 Å². The lowest BCUT2D eigenvalue weighted by atomic mass is 9.74. The number of amides is 3. The van der Waals surface area contributed by atoms with Crippen LogP contribution in [0.4, 0.5) is 11.4 Å². The van der Waals surface area contributed by atoms with Crippen molar-refractivity contribution in [3.05, 3.63) is 84.0 Å². The standard InChI is InChI=1S/C35H41N3O5/c1-22(2)19-26(21-39)38-30-33(42)37(27-20-23(3)13-14-24(27)4)18-10-16-35(30)29(32(38)41)28-31(40)36(25-11-7-6-8-12-25)17-9-15-34(28,5)43-35/h6-16,20,22,26,28-30,39H,17-19,21H2,1-5H3/t26-,28+,29+,30?,34-,35+/m1/s1. The van der Waals surface area contributed by atoms with E-state index in [0.717, 1.165) is 22.5 Å². The van der Waals surface area contributed by atoms with Gasteiger partial charge in [-0.2, -0.15) is 0 Å². The smallest absolute Gasteiger partial charge is 0.253 e. The van der Waals surface area contributed by atoms with Crippen LogP contribution in [-0.4, -0.2) is 70.7 Å². The molecule has 3 amide bonds. The Hall–Kier alpha value is -3.75. The lowest BCUT2D eigenvalue weighted by molar-refractivity contribution is -0.148. The molecule has 6 atom stereocenters. The highest BCUT2D eigenvalue weighted by atomic mass is 16.5. The molecule has 0 saturated carbocycles. The summed E-state index contributed by atoms with van der Waals surface area (Å²) >= 11 is 0. The Morgan fingerprint density at radius 3 is 2.30 bits per heavy atom. The number of likely N-dealkylation sites (tertiary alicyclic amines) is 1. The molecule has 0 bridgehead atoms. The highest BCUT2D eigenvalue weighted by Gasteiger charge is 2.75. The number of hydrogen-bond donors (Lipinski definition) is 1. The minimum Gasteiger partial charge on any atom is -0.394 e. The zero-order valence-corrected chi connectivity index (χ0v) is 25.6. The number of anilines is 2. The highest BCUT2D eigenvalue weighted by molar-refractivity contribution is 6.08. The Kier molecular flexibility index (Phi) is 7.33. The first-order valence-corrected chi connectivity index (χ1v) is 15.3. The molecular weight excluding hydrogens is 542 g/mol. The maximum atomic E-state index is 14.9. The molecule has 43 heavy (non-hydrogen) atoms. The van der Waals surface area contributed by atoms with Gasteiger partial charge in [-0.05, 0) is 62.4 Å². The number of nitrogens with zero attached hydrogens (tertiary/aromatic N) is 3. The van der Waals surface area contributed by atoms with Crippen LogP contribution in [-0.2, 0) is 19.1 Å². The summed E-state index contributed by atoms with van der Waals surface area (Å²) < 4.78 is 6.98. The fraction of sp³-hybridized carbons (Fsp3) is 0.457. The molecule has 4 heterocycles. The van der Waals surface area contributed by atoms with Crippen LogP contribution in [0, 0.1) is 31.6 Å². The van der Waals surface area contributed by atoms with Gasteiger partial charge in [0.05, 0.1) is 30.1 Å². The first-order valence-electron chi connectivity index (χ1n) is 15.3. The molecule has 1 unspecified atom stereocenters. The van der Waals surface area contributed by atoms with Crippen LogP contribution in [0.25, 0.3) is 0 Å². The normalized spacial score (nSPS) is 30.8. The zero-order chi connectivity index (χ0) is 30.7. The van der Waals surface area contributed by atoms with Gasteiger partial charge in [0.1, 0.15) is 11.6 Å². The first-order chi connectivity index (χ1) is 20.5. The maximum absolute atomic E-state index is 14.9. The molecule has 8 heteroatoms. The minimum atomic E-state index is -1.38. The van der Waals surface area contributed by atoms with Gasteiger partial charge < -0.3 is 24.5 Å². The topological polar surface area (TPSA) is 90.4 Å². The van der Waals surface area contributed by atoms with Gasteiger partial charge >= 0.3 is 0 Å². The number of aliphatic hydroxyl groups excluding tert-OH is 1. The molecule has 2 saturated heterocycles. The van der Waals surface area contributed by atoms with E-state index in [0.29, 0.717) is 19.5 Å². The van der Waals surface area contributed by atoms with Crippen LogP contribution in [0.15, 0.2) is 72.8 Å². The number of aliphatic hydroxyl groups is 1. The summed E-state index contributed by atoms with van der Waals surface area (Å²) in [5.41, 5.74) is 0.976. The summed E-state index contributed by atoms with van der Waals surface area (Å²) in [7, 11) is 0. The molecule has 2 aromatic rings. The van der Waals surface area contributed by atoms with Gasteiger partial charge in [0.15, 0.2) is 0 Å². The van der Waals surface area contributed by atoms with E-state index in [1.54, 1.807) is 14.7 Å². The van der Waals surface area contributed by atoms with Crippen molar-refractivity contribution in [3.63, 3.8) is 0 Å². The third-order valence-corrected chi connectivity index (χ3v) is 9.57. The van der Waals surface area contributed by atoms with Crippen molar-refractivity contribution in [3.8, 4) is 0 Å². The van der Waals surface area contributed by atoms with E-state index in [-0.39, 0.29) is 30.2 Å². The molecule has 1 N–H and O–H groups in total. The second-order valence-electron chi connectivity index (χ2n) is 13.0. The van der Waals surface area contributed by atoms with Gasteiger partial charge in [-0.15, -0.1) is 0 Å². The predicted molar refractivity (Wildman–Crippen MR) is 166 cm³/mol. The molecule has 1 spiro atoms. The third kappa shape index (κ3) is 4.54. The summed E-state index contributed by atoms with van der Waals surface area (Å²) in [6.45, 7) is 10.2. The Labute approximate surface area is 253 Å². The van der Waals surface area contributed by atoms with Crippen LogP contribution >= 0.6 is 0 Å². The highest BCUT2D eigenvalue weighted by Crippen LogP contribution is 2.58. The number of para-hydroxylation sites is 1. The molecule has 6 rings (SSSR count). The van der Waals surface area contributed by atoms with E-state index in [4.69, 9.17) is 4.74 Å². The van der Waals surface area contributed by atoms with E-state index in [9.17, 15) is 19.5 Å². The monoisotopic (exact) mass is 583 g/mol. The lowest BCUT2D eigenvalue weighted by Crippen LogP contribution is -2.59. The largest absolute Gasteiger partial charge is 0.394 e. The van der Waals surface area contributed by atoms with Crippen molar-refractivity contribution in [2.45, 2.75) is 64.3 Å². The van der Waals surface area contributed by atoms with Gasteiger partial charge in [-0.25, -0.2) is 0 Å². The van der Waals surface area contributed by atoms with Gasteiger partial charge in [0.25, 0.3) is 5.91 Å². The minimum absolute atomic E-state index is 0.162. The molecule has 8 nitrogen and oxygen atoms in total. The number of carbonyl (C=O) groups excluding carboxylic acids is 3. The average molecular weight is 584 g/mol. The van der Waals surface area contributed by atoms with Gasteiger partial charge in [0.2, 0.25) is 11.8 Å². The molecule has 226 valence electrons. The fourth-order valence-electron chi connectivity index (χ4n) is 7.74. The van der Waals surface area contributed by atoms with Gasteiger partial charge in [-0.3, -0.25) is 14.4 Å². The molecule has 4 aliphatic rings. The van der Waals surface area contributed by atoms with E-state index >= 15 is 0 Å². The first kappa shape index (κ1) is 29.3. The van der Waals surface area contributed by atoms with Gasteiger partial charge in [-0.1, -0.05) is 68.5 Å². The van der Waals surface area contributed by atoms with Crippen LogP contribution in [0.2, 0.25) is 0 Å². The quantitative estimate of drug-likeness (QED) is 0.516. The van der Waals surface area contributed by atoms with E-state index in [1.165, 1.54) is 0 Å². The van der Waals surface area contributed by atoms with Crippen LogP contribution in [0.1, 0.15) is 38.3 Å². The van der Waals surface area contributed by atoms with E-state index in [1.807, 2.05) is 107 Å². The van der Waals surface area contributed by atoms with Crippen molar-refractivity contribution < 1.29 is 24.2 Å². The van der Waals surface area contributed by atoms with Crippen molar-refractivity contribution in [2.24, 2.45) is 17.8 Å². The van der Waals surface area contributed by atoms with Gasteiger partial charge in [0, 0.05) is 24.5 Å². The van der Waals surface area contributed by atoms with Crippen molar-refractivity contribution in [1.82, 2.24) is 4.90 Å². The second kappa shape index (κ2) is 10.8. The molecule has 2 fully saturated rings. The summed E-state index contributed by atoms with van der Waals surface area (Å²) in [5, 5.41) is 10.6. The number of aryl methyl sites for hydroxylation is 2. The van der Waals surface area contributed by atoms with Crippen LogP contribution in [0.5, 0.6) is 0 Å². The van der Waals surface area contributed by atoms with Crippen molar-refractivity contribution in [1.29, 1.82) is 0 Å². The summed E-state index contributed by atoms with van der Waals surface area (Å²) in [6.07, 6.45) is 8.08. The molecule has 0 radical (unpaired) electrons. The molecule has 0 aliphatic carbocycles. The zero-order valence-electron chi connectivity index (χ0n) is 25.6. The predicted octanol–water partition coefficient (Wildman–Crippen LogP) is 4.19. The Bertz CT molecular complexity index is 1500. The number of fused-ring (bicyclic) bond motifs is 2. The number of ether oxygens (including phenoxy) is 1. The molecule has 4 aliphatic heterocycles. The third-order valence-electron chi connectivity index (χ3n) is 9.57. The Morgan fingerprint density at radius 1 is 0.907 bits per heavy atom. The number of hydrogen-bond acceptors (Lipinski definition) is 5. The Morgan fingerprint density at radius 2 is 1.60 bits per heavy atom. The number of benzene rings is 2. The summed E-state index contributed by atoms with van der Waals surface area (Å²) in [4.78, 5) is 49.1. The Balaban J connectivity index is 1.52. The number of rotatable bonds is 6. The molecular formula is C35H41N3O5.